The molecule has 12 heavy (non-hydrogen) atoms. The van der Waals surface area contributed by atoms with E-state index >= 15 is 0 Å². The van der Waals surface area contributed by atoms with E-state index in [1.165, 1.54) is 7.11 Å². The lowest BCUT2D eigenvalue weighted by molar-refractivity contribution is -0.0494. The molecule has 4 nitrogen and oxygen atoms in total. The van der Waals surface area contributed by atoms with Crippen LogP contribution in [0.15, 0.2) is 0 Å². The van der Waals surface area contributed by atoms with Crippen LogP contribution in [0, 0.1) is 0 Å². The molecule has 1 rings (SSSR count). The monoisotopic (exact) mass is 174 g/mol. The fourth-order valence-electron chi connectivity index (χ4n) is 1.39. The first-order valence-electron chi connectivity index (χ1n) is 4.05. The first-order chi connectivity index (χ1) is 5.50. The Morgan fingerprint density at radius 1 is 1.67 bits per heavy atom. The van der Waals surface area contributed by atoms with Crippen LogP contribution in [0.1, 0.15) is 6.92 Å². The van der Waals surface area contributed by atoms with E-state index in [1.54, 1.807) is 14.8 Å². The summed E-state index contributed by atoms with van der Waals surface area (Å²) in [5.41, 5.74) is -1.16. The SMILES string of the molecule is B[C@@H]1O[C@H](COC)[C@@H](O)[C@@]1(C)O. The van der Waals surface area contributed by atoms with Crippen LogP contribution < -0.4 is 0 Å². The lowest BCUT2D eigenvalue weighted by Gasteiger charge is -2.24. The Morgan fingerprint density at radius 3 is 2.58 bits per heavy atom. The molecule has 1 aliphatic rings. The second-order valence-corrected chi connectivity index (χ2v) is 3.44. The molecule has 1 heterocycles. The van der Waals surface area contributed by atoms with Gasteiger partial charge >= 0.3 is 0 Å². The van der Waals surface area contributed by atoms with Crippen LogP contribution in [0.5, 0.6) is 0 Å². The summed E-state index contributed by atoms with van der Waals surface area (Å²) in [6.07, 6.45) is -1.28. The van der Waals surface area contributed by atoms with Crippen LogP contribution in [-0.4, -0.2) is 55.6 Å². The van der Waals surface area contributed by atoms with Gasteiger partial charge in [-0.2, -0.15) is 0 Å². The summed E-state index contributed by atoms with van der Waals surface area (Å²) in [7, 11) is 3.27. The van der Waals surface area contributed by atoms with Crippen molar-refractivity contribution in [2.45, 2.75) is 30.7 Å². The Balaban J connectivity index is 2.63. The largest absolute Gasteiger partial charge is 0.387 e. The molecular formula is C7H15BO4. The lowest BCUT2D eigenvalue weighted by Crippen LogP contribution is -2.46. The first kappa shape index (κ1) is 9.99. The summed E-state index contributed by atoms with van der Waals surface area (Å²) >= 11 is 0. The van der Waals surface area contributed by atoms with E-state index < -0.39 is 17.8 Å². The number of hydrogen-bond donors (Lipinski definition) is 2. The Hall–Kier alpha value is -0.0951. The maximum atomic E-state index is 9.70. The summed E-state index contributed by atoms with van der Waals surface area (Å²) in [6.45, 7) is 1.87. The summed E-state index contributed by atoms with van der Waals surface area (Å²) in [5.74, 6) is 0. The molecule has 1 aliphatic heterocycles. The molecule has 0 aromatic rings. The van der Waals surface area contributed by atoms with Crippen molar-refractivity contribution in [2.75, 3.05) is 13.7 Å². The van der Waals surface area contributed by atoms with Gasteiger partial charge in [-0.3, -0.25) is 0 Å². The number of aliphatic hydroxyl groups is 2. The molecule has 5 heteroatoms. The summed E-state index contributed by atoms with van der Waals surface area (Å²) < 4.78 is 10.1. The number of ether oxygens (including phenoxy) is 2. The second-order valence-electron chi connectivity index (χ2n) is 3.44. The van der Waals surface area contributed by atoms with Crippen molar-refractivity contribution >= 4 is 7.85 Å². The Labute approximate surface area is 72.9 Å². The van der Waals surface area contributed by atoms with Gasteiger partial charge < -0.3 is 19.7 Å². The predicted molar refractivity (Wildman–Crippen MR) is 45.7 cm³/mol. The summed E-state index contributed by atoms with van der Waals surface area (Å²) in [6, 6.07) is -0.354. The van der Waals surface area contributed by atoms with Crippen molar-refractivity contribution in [3.63, 3.8) is 0 Å². The van der Waals surface area contributed by atoms with Crippen LogP contribution >= 0.6 is 0 Å². The first-order valence-corrected chi connectivity index (χ1v) is 4.05. The molecule has 0 aromatic carbocycles. The third kappa shape index (κ3) is 1.50. The average molecular weight is 174 g/mol. The van der Waals surface area contributed by atoms with Gasteiger partial charge in [-0.1, -0.05) is 0 Å². The molecule has 70 valence electrons. The van der Waals surface area contributed by atoms with Crippen molar-refractivity contribution in [1.29, 1.82) is 0 Å². The molecule has 2 N–H and O–H groups in total. The van der Waals surface area contributed by atoms with Crippen LogP contribution in [-0.2, 0) is 9.47 Å². The van der Waals surface area contributed by atoms with E-state index in [4.69, 9.17) is 9.47 Å². The minimum absolute atomic E-state index is 0.307. The molecule has 1 fully saturated rings. The molecule has 0 spiro atoms. The predicted octanol–water partition coefficient (Wildman–Crippen LogP) is -1.90. The van der Waals surface area contributed by atoms with Gasteiger partial charge in [0.15, 0.2) is 0 Å². The minimum Gasteiger partial charge on any atom is -0.387 e. The highest BCUT2D eigenvalue weighted by atomic mass is 16.6. The van der Waals surface area contributed by atoms with Crippen LogP contribution in [0.4, 0.5) is 0 Å². The standard InChI is InChI=1S/C7H15BO4/c1-7(10)5(9)4(3-11-2)12-6(7)8/h4-6,9-10H,3,8H2,1-2H3/t4-,5-,6-,7-/m1/s1. The zero-order valence-electron chi connectivity index (χ0n) is 7.65. The number of methoxy groups -OCH3 is 1. The van der Waals surface area contributed by atoms with Crippen LogP contribution in [0.3, 0.4) is 0 Å². The van der Waals surface area contributed by atoms with E-state index in [2.05, 4.69) is 0 Å². The highest BCUT2D eigenvalue weighted by Crippen LogP contribution is 2.28. The molecule has 4 atom stereocenters. The second kappa shape index (κ2) is 3.34. The van der Waals surface area contributed by atoms with Gasteiger partial charge in [0.2, 0.25) is 0 Å². The van der Waals surface area contributed by atoms with Gasteiger partial charge in [-0.25, -0.2) is 0 Å². The lowest BCUT2D eigenvalue weighted by atomic mass is 9.82. The molecule has 0 aliphatic carbocycles. The molecule has 0 unspecified atom stereocenters. The van der Waals surface area contributed by atoms with E-state index in [0.717, 1.165) is 0 Å². The third-order valence-electron chi connectivity index (χ3n) is 2.48. The summed E-state index contributed by atoms with van der Waals surface area (Å²) in [4.78, 5) is 0. The van der Waals surface area contributed by atoms with Crippen molar-refractivity contribution in [3.8, 4) is 0 Å². The minimum atomic E-state index is -1.16. The van der Waals surface area contributed by atoms with Crippen molar-refractivity contribution in [1.82, 2.24) is 0 Å². The van der Waals surface area contributed by atoms with E-state index in [9.17, 15) is 10.2 Å². The number of hydrogen-bond acceptors (Lipinski definition) is 4. The summed E-state index contributed by atoms with van der Waals surface area (Å²) in [5, 5.41) is 19.3. The van der Waals surface area contributed by atoms with Gasteiger partial charge in [-0.05, 0) is 6.92 Å². The fraction of sp³-hybridized carbons (Fsp3) is 1.00. The number of aliphatic hydroxyl groups excluding tert-OH is 1. The van der Waals surface area contributed by atoms with Gasteiger partial charge in [0.05, 0.1) is 12.6 Å². The molecule has 0 amide bonds. The number of rotatable bonds is 2. The van der Waals surface area contributed by atoms with Gasteiger partial charge in [0, 0.05) is 7.11 Å². The van der Waals surface area contributed by atoms with Crippen LogP contribution in [0.2, 0.25) is 0 Å². The normalized spacial score (nSPS) is 48.2. The molecule has 0 radical (unpaired) electrons. The zero-order chi connectivity index (χ0) is 9.35. The molecular weight excluding hydrogens is 159 g/mol. The average Bonchev–Trinajstić information content (AvgIpc) is 2.17. The highest BCUT2D eigenvalue weighted by Gasteiger charge is 2.49. The van der Waals surface area contributed by atoms with Gasteiger partial charge in [0.25, 0.3) is 0 Å². The van der Waals surface area contributed by atoms with E-state index in [1.807, 2.05) is 0 Å². The van der Waals surface area contributed by atoms with Gasteiger partial charge in [-0.15, -0.1) is 0 Å². The van der Waals surface area contributed by atoms with Crippen molar-refractivity contribution < 1.29 is 19.7 Å². The van der Waals surface area contributed by atoms with Crippen molar-refractivity contribution in [3.05, 3.63) is 0 Å². The molecule has 0 aromatic heterocycles. The van der Waals surface area contributed by atoms with E-state index in [0.29, 0.717) is 6.61 Å². The van der Waals surface area contributed by atoms with E-state index in [-0.39, 0.29) is 6.00 Å². The Morgan fingerprint density at radius 2 is 2.25 bits per heavy atom. The topological polar surface area (TPSA) is 58.9 Å². The van der Waals surface area contributed by atoms with Crippen molar-refractivity contribution in [2.24, 2.45) is 0 Å². The smallest absolute Gasteiger partial charge is 0.143 e. The quantitative estimate of drug-likeness (QED) is 0.480. The fourth-order valence-corrected chi connectivity index (χ4v) is 1.39. The zero-order valence-corrected chi connectivity index (χ0v) is 7.65. The molecule has 1 saturated heterocycles. The van der Waals surface area contributed by atoms with Crippen LogP contribution in [0.25, 0.3) is 0 Å². The highest BCUT2D eigenvalue weighted by molar-refractivity contribution is 6.12. The Kier molecular flexibility index (Phi) is 2.78. The molecule has 0 bridgehead atoms. The third-order valence-corrected chi connectivity index (χ3v) is 2.48. The maximum absolute atomic E-state index is 9.70. The maximum Gasteiger partial charge on any atom is 0.143 e. The Bertz CT molecular complexity index is 161. The molecule has 0 saturated carbocycles. The van der Waals surface area contributed by atoms with Gasteiger partial charge in [0.1, 0.15) is 25.7 Å².